The van der Waals surface area contributed by atoms with Crippen LogP contribution in [0.1, 0.15) is 43.0 Å². The van der Waals surface area contributed by atoms with Crippen molar-refractivity contribution in [2.24, 2.45) is 5.41 Å². The van der Waals surface area contributed by atoms with Crippen molar-refractivity contribution < 1.29 is 9.84 Å². The highest BCUT2D eigenvalue weighted by atomic mass is 16.6. The molecule has 138 valence electrons. The fraction of sp³-hybridized carbons (Fsp3) is 0.280. The van der Waals surface area contributed by atoms with E-state index in [-0.39, 0.29) is 0 Å². The minimum atomic E-state index is -1.41. The first-order valence-corrected chi connectivity index (χ1v) is 9.49. The first-order chi connectivity index (χ1) is 12.9. The Morgan fingerprint density at radius 1 is 0.741 bits per heavy atom. The second-order valence-electron chi connectivity index (χ2n) is 8.39. The minimum absolute atomic E-state index is 0.502. The molecule has 1 aliphatic rings. The van der Waals surface area contributed by atoms with Gasteiger partial charge in [0.15, 0.2) is 5.79 Å². The molecule has 0 radical (unpaired) electrons. The number of benzene rings is 3. The molecule has 1 heterocycles. The molecule has 1 N–H and O–H groups in total. The molecule has 3 aromatic carbocycles. The van der Waals surface area contributed by atoms with Crippen molar-refractivity contribution >= 4 is 0 Å². The van der Waals surface area contributed by atoms with Crippen molar-refractivity contribution in [2.45, 2.75) is 38.6 Å². The lowest BCUT2D eigenvalue weighted by atomic mass is 9.71. The van der Waals surface area contributed by atoms with Gasteiger partial charge in [0.05, 0.1) is 0 Å². The number of rotatable bonds is 2. The SMILES string of the molecule is CC(C)(C)C1(O)OC(c2ccccc2)(c2ccccc2)Cc2ccccc21. The van der Waals surface area contributed by atoms with E-state index >= 15 is 0 Å². The van der Waals surface area contributed by atoms with Gasteiger partial charge in [-0.1, -0.05) is 106 Å². The first-order valence-electron chi connectivity index (χ1n) is 9.49. The van der Waals surface area contributed by atoms with E-state index in [0.717, 1.165) is 22.3 Å². The third-order valence-electron chi connectivity index (χ3n) is 5.64. The summed E-state index contributed by atoms with van der Waals surface area (Å²) >= 11 is 0. The summed E-state index contributed by atoms with van der Waals surface area (Å²) < 4.78 is 6.78. The van der Waals surface area contributed by atoms with Gasteiger partial charge in [0.1, 0.15) is 5.60 Å². The van der Waals surface area contributed by atoms with Gasteiger partial charge in [-0.3, -0.25) is 0 Å². The van der Waals surface area contributed by atoms with Crippen LogP contribution in [0, 0.1) is 5.41 Å². The number of ether oxygens (including phenoxy) is 1. The van der Waals surface area contributed by atoms with Gasteiger partial charge in [0, 0.05) is 17.4 Å². The lowest BCUT2D eigenvalue weighted by Gasteiger charge is -2.52. The quantitative estimate of drug-likeness (QED) is 0.665. The van der Waals surface area contributed by atoms with Gasteiger partial charge in [0.2, 0.25) is 0 Å². The maximum absolute atomic E-state index is 11.9. The molecule has 0 aliphatic carbocycles. The molecule has 0 saturated heterocycles. The van der Waals surface area contributed by atoms with Crippen LogP contribution >= 0.6 is 0 Å². The zero-order chi connectivity index (χ0) is 19.1. The first kappa shape index (κ1) is 18.0. The monoisotopic (exact) mass is 358 g/mol. The van der Waals surface area contributed by atoms with E-state index in [2.05, 4.69) is 30.3 Å². The van der Waals surface area contributed by atoms with Crippen molar-refractivity contribution in [3.8, 4) is 0 Å². The summed E-state index contributed by atoms with van der Waals surface area (Å²) in [7, 11) is 0. The van der Waals surface area contributed by atoms with E-state index in [1.54, 1.807) is 0 Å². The molecular formula is C25H26O2. The van der Waals surface area contributed by atoms with E-state index in [1.807, 2.05) is 75.4 Å². The number of aliphatic hydroxyl groups is 1. The van der Waals surface area contributed by atoms with Crippen LogP contribution in [0.15, 0.2) is 84.9 Å². The molecule has 0 saturated carbocycles. The second kappa shape index (κ2) is 6.33. The Morgan fingerprint density at radius 2 is 1.22 bits per heavy atom. The maximum atomic E-state index is 11.9. The van der Waals surface area contributed by atoms with Gasteiger partial charge in [-0.15, -0.1) is 0 Å². The average Bonchev–Trinajstić information content (AvgIpc) is 2.68. The Bertz CT molecular complexity index is 886. The Labute approximate surface area is 161 Å². The Morgan fingerprint density at radius 3 is 1.74 bits per heavy atom. The van der Waals surface area contributed by atoms with Gasteiger partial charge in [-0.25, -0.2) is 0 Å². The summed E-state index contributed by atoms with van der Waals surface area (Å²) in [5.41, 5.74) is 2.83. The largest absolute Gasteiger partial charge is 0.361 e. The minimum Gasteiger partial charge on any atom is -0.361 e. The molecule has 0 spiro atoms. The van der Waals surface area contributed by atoms with E-state index < -0.39 is 16.8 Å². The predicted molar refractivity (Wildman–Crippen MR) is 108 cm³/mol. The van der Waals surface area contributed by atoms with Gasteiger partial charge >= 0.3 is 0 Å². The van der Waals surface area contributed by atoms with Crippen molar-refractivity contribution in [3.63, 3.8) is 0 Å². The van der Waals surface area contributed by atoms with Gasteiger partial charge in [-0.2, -0.15) is 0 Å². The molecular weight excluding hydrogens is 332 g/mol. The number of fused-ring (bicyclic) bond motifs is 1. The molecule has 2 nitrogen and oxygen atoms in total. The third kappa shape index (κ3) is 2.80. The topological polar surface area (TPSA) is 29.5 Å². The molecule has 0 bridgehead atoms. The highest BCUT2D eigenvalue weighted by molar-refractivity contribution is 5.45. The van der Waals surface area contributed by atoms with Crippen LogP contribution < -0.4 is 0 Å². The molecule has 2 heteroatoms. The van der Waals surface area contributed by atoms with Gasteiger partial charge in [-0.05, 0) is 16.7 Å². The highest BCUT2D eigenvalue weighted by Crippen LogP contribution is 2.53. The highest BCUT2D eigenvalue weighted by Gasteiger charge is 2.55. The van der Waals surface area contributed by atoms with Crippen molar-refractivity contribution in [3.05, 3.63) is 107 Å². The van der Waals surface area contributed by atoms with Crippen LogP contribution in [0.3, 0.4) is 0 Å². The third-order valence-corrected chi connectivity index (χ3v) is 5.64. The smallest absolute Gasteiger partial charge is 0.199 e. The second-order valence-corrected chi connectivity index (χ2v) is 8.39. The summed E-state index contributed by atoms with van der Waals surface area (Å²) in [6.45, 7) is 6.07. The van der Waals surface area contributed by atoms with Crippen LogP contribution in [-0.4, -0.2) is 5.11 Å². The maximum Gasteiger partial charge on any atom is 0.199 e. The average molecular weight is 358 g/mol. The molecule has 1 unspecified atom stereocenters. The summed E-state index contributed by atoms with van der Waals surface area (Å²) in [4.78, 5) is 0. The predicted octanol–water partition coefficient (Wildman–Crippen LogP) is 5.39. The molecule has 0 amide bonds. The molecule has 0 fully saturated rings. The van der Waals surface area contributed by atoms with E-state index in [0.29, 0.717) is 6.42 Å². The fourth-order valence-electron chi connectivity index (χ4n) is 4.08. The number of hydrogen-bond donors (Lipinski definition) is 1. The Balaban J connectivity index is 2.02. The Kier molecular flexibility index (Phi) is 4.21. The van der Waals surface area contributed by atoms with Gasteiger partial charge < -0.3 is 9.84 Å². The molecule has 1 atom stereocenters. The molecule has 0 aromatic heterocycles. The van der Waals surface area contributed by atoms with Gasteiger partial charge in [0.25, 0.3) is 0 Å². The summed E-state index contributed by atoms with van der Waals surface area (Å²) in [6, 6.07) is 28.6. The summed E-state index contributed by atoms with van der Waals surface area (Å²) in [5.74, 6) is -1.41. The van der Waals surface area contributed by atoms with Crippen LogP contribution in [0.4, 0.5) is 0 Å². The molecule has 27 heavy (non-hydrogen) atoms. The standard InChI is InChI=1S/C25H26O2/c1-23(2,3)25(26)22-17-11-10-12-19(22)18-24(27-25,20-13-6-4-7-14-20)21-15-8-5-9-16-21/h4-17,26H,18H2,1-3H3. The van der Waals surface area contributed by atoms with E-state index in [9.17, 15) is 5.11 Å². The molecule has 4 rings (SSSR count). The van der Waals surface area contributed by atoms with Crippen LogP contribution in [0.2, 0.25) is 0 Å². The molecule has 3 aromatic rings. The zero-order valence-corrected chi connectivity index (χ0v) is 16.1. The van der Waals surface area contributed by atoms with Crippen LogP contribution in [0.25, 0.3) is 0 Å². The number of hydrogen-bond acceptors (Lipinski definition) is 2. The lowest BCUT2D eigenvalue weighted by molar-refractivity contribution is -0.324. The zero-order valence-electron chi connectivity index (χ0n) is 16.1. The summed E-state index contributed by atoms with van der Waals surface area (Å²) in [5, 5.41) is 11.9. The normalized spacial score (nSPS) is 21.5. The fourth-order valence-corrected chi connectivity index (χ4v) is 4.08. The summed E-state index contributed by atoms with van der Waals surface area (Å²) in [6.07, 6.45) is 0.676. The van der Waals surface area contributed by atoms with Crippen molar-refractivity contribution in [2.75, 3.05) is 0 Å². The van der Waals surface area contributed by atoms with Crippen LogP contribution in [0.5, 0.6) is 0 Å². The van der Waals surface area contributed by atoms with Crippen molar-refractivity contribution in [1.29, 1.82) is 0 Å². The van der Waals surface area contributed by atoms with Crippen molar-refractivity contribution in [1.82, 2.24) is 0 Å². The van der Waals surface area contributed by atoms with Crippen LogP contribution in [-0.2, 0) is 22.5 Å². The molecule has 1 aliphatic heterocycles. The Hall–Kier alpha value is -2.42. The van der Waals surface area contributed by atoms with E-state index in [1.165, 1.54) is 0 Å². The lowest BCUT2D eigenvalue weighted by Crippen LogP contribution is -2.54. The van der Waals surface area contributed by atoms with E-state index in [4.69, 9.17) is 4.74 Å².